The van der Waals surface area contributed by atoms with E-state index >= 15 is 0 Å². The van der Waals surface area contributed by atoms with E-state index in [0.29, 0.717) is 11.4 Å². The van der Waals surface area contributed by atoms with Crippen LogP contribution in [0.5, 0.6) is 0 Å². The van der Waals surface area contributed by atoms with Crippen molar-refractivity contribution in [2.75, 3.05) is 5.32 Å². The molecule has 0 fully saturated rings. The number of nitrogens with two attached hydrogens (primary N) is 1. The zero-order chi connectivity index (χ0) is 19.3. The highest BCUT2D eigenvalue weighted by atomic mass is 32.2. The van der Waals surface area contributed by atoms with E-state index in [9.17, 15) is 13.2 Å². The third-order valence-electron chi connectivity index (χ3n) is 3.83. The Morgan fingerprint density at radius 1 is 0.926 bits per heavy atom. The van der Waals surface area contributed by atoms with Crippen molar-refractivity contribution in [3.8, 4) is 0 Å². The van der Waals surface area contributed by atoms with Crippen molar-refractivity contribution in [1.29, 1.82) is 0 Å². The van der Waals surface area contributed by atoms with Gasteiger partial charge in [-0.1, -0.05) is 36.4 Å². The predicted octanol–water partition coefficient (Wildman–Crippen LogP) is 2.64. The van der Waals surface area contributed by atoms with Gasteiger partial charge < -0.3 is 10.6 Å². The first-order valence-corrected chi connectivity index (χ1v) is 9.64. The molecule has 3 rings (SSSR count). The molecule has 8 heteroatoms. The average molecular weight is 382 g/mol. The second-order valence-electron chi connectivity index (χ2n) is 5.77. The minimum absolute atomic E-state index is 0.0240. The number of carbonyl (C=O) groups is 1. The normalized spacial score (nSPS) is 12.2. The summed E-state index contributed by atoms with van der Waals surface area (Å²) in [6, 6.07) is 19.7. The Hall–Kier alpha value is -3.23. The molecular formula is C19H18N4O3S. The fraction of sp³-hybridized carbons (Fsp3) is 0.0526. The van der Waals surface area contributed by atoms with Crippen molar-refractivity contribution >= 4 is 21.7 Å². The zero-order valence-corrected chi connectivity index (χ0v) is 15.1. The largest absolute Gasteiger partial charge is 0.325 e. The van der Waals surface area contributed by atoms with Crippen LogP contribution in [-0.2, 0) is 10.0 Å². The van der Waals surface area contributed by atoms with Crippen LogP contribution in [0.15, 0.2) is 83.9 Å². The molecule has 1 atom stereocenters. The summed E-state index contributed by atoms with van der Waals surface area (Å²) in [6.07, 6.45) is 1.66. The van der Waals surface area contributed by atoms with E-state index in [1.165, 1.54) is 24.3 Å². The minimum Gasteiger partial charge on any atom is -0.325 e. The van der Waals surface area contributed by atoms with Gasteiger partial charge in [-0.2, -0.15) is 0 Å². The summed E-state index contributed by atoms with van der Waals surface area (Å²) >= 11 is 0. The Bertz CT molecular complexity index is 968. The molecule has 0 spiro atoms. The lowest BCUT2D eigenvalue weighted by Crippen LogP contribution is -2.33. The van der Waals surface area contributed by atoms with Crippen molar-refractivity contribution in [2.45, 2.75) is 10.9 Å². The molecule has 0 aliphatic rings. The third kappa shape index (κ3) is 4.90. The Balaban J connectivity index is 1.77. The molecular weight excluding hydrogens is 364 g/mol. The van der Waals surface area contributed by atoms with Crippen LogP contribution in [0.25, 0.3) is 0 Å². The van der Waals surface area contributed by atoms with E-state index in [1.54, 1.807) is 12.3 Å². The smallest absolute Gasteiger partial charge is 0.320 e. The number of amides is 2. The molecule has 1 heterocycles. The van der Waals surface area contributed by atoms with Gasteiger partial charge >= 0.3 is 6.03 Å². The minimum atomic E-state index is -3.78. The van der Waals surface area contributed by atoms with E-state index in [2.05, 4.69) is 15.6 Å². The lowest BCUT2D eigenvalue weighted by molar-refractivity contribution is 0.250. The van der Waals surface area contributed by atoms with Gasteiger partial charge in [0.1, 0.15) is 0 Å². The van der Waals surface area contributed by atoms with Crippen LogP contribution >= 0.6 is 0 Å². The lowest BCUT2D eigenvalue weighted by atomic mass is 10.0. The monoisotopic (exact) mass is 382 g/mol. The first kappa shape index (κ1) is 18.6. The van der Waals surface area contributed by atoms with E-state index in [-0.39, 0.29) is 4.90 Å². The van der Waals surface area contributed by atoms with Crippen LogP contribution in [0, 0.1) is 0 Å². The molecule has 0 aliphatic carbocycles. The molecule has 27 heavy (non-hydrogen) atoms. The van der Waals surface area contributed by atoms with Crippen LogP contribution in [0.4, 0.5) is 10.5 Å². The Morgan fingerprint density at radius 3 is 2.19 bits per heavy atom. The summed E-state index contributed by atoms with van der Waals surface area (Å²) in [4.78, 5) is 16.8. The number of benzene rings is 2. The zero-order valence-electron chi connectivity index (χ0n) is 14.2. The maximum absolute atomic E-state index is 12.5. The molecule has 0 saturated heterocycles. The number of hydrogen-bond acceptors (Lipinski definition) is 4. The number of pyridine rings is 1. The molecule has 0 radical (unpaired) electrons. The summed E-state index contributed by atoms with van der Waals surface area (Å²) in [5.41, 5.74) is 2.02. The summed E-state index contributed by atoms with van der Waals surface area (Å²) in [5, 5.41) is 10.6. The summed E-state index contributed by atoms with van der Waals surface area (Å²) in [7, 11) is -3.78. The molecule has 7 nitrogen and oxygen atoms in total. The van der Waals surface area contributed by atoms with Gasteiger partial charge in [-0.25, -0.2) is 18.4 Å². The number of anilines is 1. The number of hydrogen-bond donors (Lipinski definition) is 3. The number of aromatic nitrogens is 1. The van der Waals surface area contributed by atoms with Gasteiger partial charge in [0.15, 0.2) is 0 Å². The number of nitrogens with zero attached hydrogens (tertiary/aromatic N) is 1. The van der Waals surface area contributed by atoms with Gasteiger partial charge in [-0.15, -0.1) is 0 Å². The lowest BCUT2D eigenvalue weighted by Gasteiger charge is -2.19. The Kier molecular flexibility index (Phi) is 5.49. The van der Waals surface area contributed by atoms with Crippen molar-refractivity contribution < 1.29 is 13.2 Å². The fourth-order valence-corrected chi connectivity index (χ4v) is 3.06. The molecule has 3 aromatic rings. The first-order chi connectivity index (χ1) is 12.9. The van der Waals surface area contributed by atoms with Gasteiger partial charge in [0.05, 0.1) is 16.6 Å². The molecule has 0 aliphatic heterocycles. The van der Waals surface area contributed by atoms with Gasteiger partial charge in [0.2, 0.25) is 10.0 Å². The Morgan fingerprint density at radius 2 is 1.59 bits per heavy atom. The molecule has 0 saturated carbocycles. The van der Waals surface area contributed by atoms with Crippen LogP contribution in [-0.4, -0.2) is 19.4 Å². The number of rotatable bonds is 5. The molecule has 4 N–H and O–H groups in total. The van der Waals surface area contributed by atoms with Crippen LogP contribution in [0.2, 0.25) is 0 Å². The van der Waals surface area contributed by atoms with E-state index in [1.807, 2.05) is 42.5 Å². The second kappa shape index (κ2) is 7.98. The maximum atomic E-state index is 12.5. The topological polar surface area (TPSA) is 114 Å². The van der Waals surface area contributed by atoms with E-state index < -0.39 is 22.1 Å². The van der Waals surface area contributed by atoms with Crippen LogP contribution in [0.3, 0.4) is 0 Å². The summed E-state index contributed by atoms with van der Waals surface area (Å²) < 4.78 is 22.6. The van der Waals surface area contributed by atoms with Crippen molar-refractivity contribution in [3.05, 3.63) is 90.3 Å². The van der Waals surface area contributed by atoms with Crippen molar-refractivity contribution in [1.82, 2.24) is 10.3 Å². The van der Waals surface area contributed by atoms with Gasteiger partial charge in [-0.3, -0.25) is 4.98 Å². The highest BCUT2D eigenvalue weighted by Gasteiger charge is 2.18. The van der Waals surface area contributed by atoms with Gasteiger partial charge in [0, 0.05) is 11.9 Å². The van der Waals surface area contributed by atoms with Crippen LogP contribution < -0.4 is 15.8 Å². The fourth-order valence-electron chi connectivity index (χ4n) is 2.55. The number of carbonyl (C=O) groups excluding carboxylic acids is 1. The molecule has 2 amide bonds. The quantitative estimate of drug-likeness (QED) is 0.629. The number of nitrogens with one attached hydrogen (secondary N) is 2. The highest BCUT2D eigenvalue weighted by molar-refractivity contribution is 7.89. The van der Waals surface area contributed by atoms with Crippen LogP contribution in [0.1, 0.15) is 17.3 Å². The summed E-state index contributed by atoms with van der Waals surface area (Å²) in [6.45, 7) is 0. The van der Waals surface area contributed by atoms with Crippen molar-refractivity contribution in [2.24, 2.45) is 5.14 Å². The van der Waals surface area contributed by atoms with Gasteiger partial charge in [0.25, 0.3) is 0 Å². The second-order valence-corrected chi connectivity index (χ2v) is 7.33. The van der Waals surface area contributed by atoms with E-state index in [0.717, 1.165) is 5.56 Å². The highest BCUT2D eigenvalue weighted by Crippen LogP contribution is 2.20. The molecule has 0 unspecified atom stereocenters. The van der Waals surface area contributed by atoms with Gasteiger partial charge in [-0.05, 0) is 42.0 Å². The van der Waals surface area contributed by atoms with Crippen molar-refractivity contribution in [3.63, 3.8) is 0 Å². The molecule has 2 aromatic carbocycles. The SMILES string of the molecule is NS(=O)(=O)c1ccc(NC(=O)N[C@H](c2ccccc2)c2ccccn2)cc1. The Labute approximate surface area is 157 Å². The first-order valence-electron chi connectivity index (χ1n) is 8.10. The maximum Gasteiger partial charge on any atom is 0.320 e. The third-order valence-corrected chi connectivity index (χ3v) is 4.76. The number of urea groups is 1. The number of sulfonamides is 1. The van der Waals surface area contributed by atoms with E-state index in [4.69, 9.17) is 5.14 Å². The molecule has 0 bridgehead atoms. The molecule has 138 valence electrons. The number of primary sulfonamides is 1. The summed E-state index contributed by atoms with van der Waals surface area (Å²) in [5.74, 6) is 0. The average Bonchev–Trinajstić information content (AvgIpc) is 2.67. The molecule has 1 aromatic heterocycles. The standard InChI is InChI=1S/C19H18N4O3S/c20-27(25,26)16-11-9-15(10-12-16)22-19(24)23-18(14-6-2-1-3-7-14)17-8-4-5-13-21-17/h1-13,18H,(H2,20,25,26)(H2,22,23,24)/t18-/m1/s1. The predicted molar refractivity (Wildman–Crippen MR) is 102 cm³/mol.